The average molecular weight is 275 g/mol. The van der Waals surface area contributed by atoms with Crippen LogP contribution in [0.2, 0.25) is 0 Å². The largest absolute Gasteiger partial charge is 0.356 e. The quantitative estimate of drug-likeness (QED) is 0.433. The Hall–Kier alpha value is -1.16. The van der Waals surface area contributed by atoms with Gasteiger partial charge in [0.2, 0.25) is 0 Å². The summed E-state index contributed by atoms with van der Waals surface area (Å²) in [6.07, 6.45) is 1.10. The molecule has 0 spiro atoms. The lowest BCUT2D eigenvalue weighted by Crippen LogP contribution is -2.31. The monoisotopic (exact) mass is 275 g/mol. The normalized spacial score (nSPS) is 16.7. The van der Waals surface area contributed by atoms with Crippen LogP contribution in [-0.2, 0) is 16.0 Å². The molecule has 3 nitrogen and oxygen atoms in total. The van der Waals surface area contributed by atoms with Crippen molar-refractivity contribution in [3.63, 3.8) is 0 Å². The van der Waals surface area contributed by atoms with Crippen LogP contribution in [0.5, 0.6) is 0 Å². The number of hydrogen-bond donors (Lipinski definition) is 0. The number of rotatable bonds is 7. The van der Waals surface area contributed by atoms with E-state index in [1.807, 2.05) is 6.92 Å². The molecule has 1 aromatic carbocycles. The summed E-state index contributed by atoms with van der Waals surface area (Å²) < 4.78 is 10.7. The van der Waals surface area contributed by atoms with Crippen molar-refractivity contribution in [2.24, 2.45) is 0 Å². The van der Waals surface area contributed by atoms with Crippen molar-refractivity contribution in [3.05, 3.63) is 47.0 Å². The highest BCUT2D eigenvalue weighted by Gasteiger charge is 2.16. The summed E-state index contributed by atoms with van der Waals surface area (Å²) in [6.45, 7) is 9.22. The van der Waals surface area contributed by atoms with E-state index < -0.39 is 0 Å². The molecule has 0 amide bonds. The van der Waals surface area contributed by atoms with Crippen molar-refractivity contribution in [1.29, 1.82) is 0 Å². The molecule has 0 saturated heterocycles. The van der Waals surface area contributed by atoms with Crippen LogP contribution in [-0.4, -0.2) is 38.0 Å². The van der Waals surface area contributed by atoms with Crippen LogP contribution in [0.4, 0.5) is 0 Å². The van der Waals surface area contributed by atoms with E-state index in [-0.39, 0.29) is 0 Å². The van der Waals surface area contributed by atoms with Gasteiger partial charge < -0.3 is 9.47 Å². The molecule has 0 aliphatic carbocycles. The number of hydrogen-bond acceptors (Lipinski definition) is 3. The molecule has 1 aliphatic heterocycles. The van der Waals surface area contributed by atoms with Gasteiger partial charge in [-0.2, -0.15) is 0 Å². The zero-order valence-electron chi connectivity index (χ0n) is 12.6. The van der Waals surface area contributed by atoms with Gasteiger partial charge in [0.05, 0.1) is 6.61 Å². The maximum atomic E-state index is 5.54. The van der Waals surface area contributed by atoms with Gasteiger partial charge in [-0.15, -0.1) is 0 Å². The average Bonchev–Trinajstić information content (AvgIpc) is 2.46. The number of benzene rings is 1. The van der Waals surface area contributed by atoms with Crippen LogP contribution in [0.1, 0.15) is 25.8 Å². The third kappa shape index (κ3) is 4.75. The Labute approximate surface area is 122 Å². The first-order valence-corrected chi connectivity index (χ1v) is 7.39. The zero-order chi connectivity index (χ0) is 14.2. The lowest BCUT2D eigenvalue weighted by Gasteiger charge is -2.29. The van der Waals surface area contributed by atoms with Crippen LogP contribution in [0.3, 0.4) is 0 Å². The summed E-state index contributed by atoms with van der Waals surface area (Å²) >= 11 is 0. The summed E-state index contributed by atoms with van der Waals surface area (Å²) in [6, 6.07) is 10.7. The van der Waals surface area contributed by atoms with E-state index in [0.29, 0.717) is 20.0 Å². The summed E-state index contributed by atoms with van der Waals surface area (Å²) in [5, 5.41) is 0. The highest BCUT2D eigenvalue weighted by atomic mass is 16.7. The molecule has 1 aliphatic rings. The maximum absolute atomic E-state index is 5.54. The first-order chi connectivity index (χ1) is 9.79. The van der Waals surface area contributed by atoms with Crippen molar-refractivity contribution >= 4 is 0 Å². The third-order valence-corrected chi connectivity index (χ3v) is 3.69. The third-order valence-electron chi connectivity index (χ3n) is 3.69. The highest BCUT2D eigenvalue weighted by Crippen LogP contribution is 2.19. The Morgan fingerprint density at radius 3 is 2.65 bits per heavy atom. The molecule has 20 heavy (non-hydrogen) atoms. The molecular weight excluding hydrogens is 250 g/mol. The standard InChI is InChI=1S/C17H25NO2/c1-3-19-14-20-13-17-9-10-18(11-15(17)2)12-16-7-5-4-6-8-16/h4-8H,3,9-14H2,1-2H3. The smallest absolute Gasteiger partial charge is 0.147 e. The first kappa shape index (κ1) is 15.2. The number of ether oxygens (including phenoxy) is 2. The van der Waals surface area contributed by atoms with Gasteiger partial charge in [-0.3, -0.25) is 4.90 Å². The molecule has 1 aromatic rings. The Bertz CT molecular complexity index is 428. The fourth-order valence-corrected chi connectivity index (χ4v) is 2.51. The van der Waals surface area contributed by atoms with Crippen molar-refractivity contribution < 1.29 is 9.47 Å². The van der Waals surface area contributed by atoms with Gasteiger partial charge in [0.25, 0.3) is 0 Å². The van der Waals surface area contributed by atoms with Crippen molar-refractivity contribution in [1.82, 2.24) is 4.90 Å². The Kier molecular flexibility index (Phi) is 6.25. The molecule has 0 unspecified atom stereocenters. The maximum Gasteiger partial charge on any atom is 0.147 e. The molecule has 0 radical (unpaired) electrons. The molecule has 0 aromatic heterocycles. The highest BCUT2D eigenvalue weighted by molar-refractivity contribution is 5.19. The van der Waals surface area contributed by atoms with E-state index in [1.54, 1.807) is 0 Å². The van der Waals surface area contributed by atoms with Gasteiger partial charge in [-0.1, -0.05) is 35.9 Å². The predicted octanol–water partition coefficient (Wildman–Crippen LogP) is 3.22. The van der Waals surface area contributed by atoms with Crippen LogP contribution in [0.25, 0.3) is 0 Å². The molecule has 0 fully saturated rings. The van der Waals surface area contributed by atoms with Gasteiger partial charge in [-0.05, 0) is 31.4 Å². The van der Waals surface area contributed by atoms with Gasteiger partial charge in [0.1, 0.15) is 6.79 Å². The van der Waals surface area contributed by atoms with E-state index in [9.17, 15) is 0 Å². The van der Waals surface area contributed by atoms with Crippen LogP contribution >= 0.6 is 0 Å². The molecule has 0 N–H and O–H groups in total. The SMILES string of the molecule is CCOCOCC1=C(C)CN(Cc2ccccc2)CC1. The minimum absolute atomic E-state index is 0.404. The summed E-state index contributed by atoms with van der Waals surface area (Å²) in [5.41, 5.74) is 4.27. The Morgan fingerprint density at radius 1 is 1.15 bits per heavy atom. The van der Waals surface area contributed by atoms with Crippen LogP contribution in [0.15, 0.2) is 41.5 Å². The molecule has 1 heterocycles. The molecule has 0 saturated carbocycles. The van der Waals surface area contributed by atoms with Gasteiger partial charge >= 0.3 is 0 Å². The molecular formula is C17H25NO2. The lowest BCUT2D eigenvalue weighted by molar-refractivity contribution is -0.0423. The van der Waals surface area contributed by atoms with Crippen LogP contribution < -0.4 is 0 Å². The predicted molar refractivity (Wildman–Crippen MR) is 81.5 cm³/mol. The van der Waals surface area contributed by atoms with E-state index in [2.05, 4.69) is 42.2 Å². The second kappa shape index (κ2) is 8.20. The molecule has 0 atom stereocenters. The molecule has 110 valence electrons. The van der Waals surface area contributed by atoms with Gasteiger partial charge in [0.15, 0.2) is 0 Å². The van der Waals surface area contributed by atoms with E-state index in [1.165, 1.54) is 16.7 Å². The van der Waals surface area contributed by atoms with E-state index in [0.717, 1.165) is 26.1 Å². The minimum Gasteiger partial charge on any atom is -0.356 e. The second-order valence-electron chi connectivity index (χ2n) is 5.29. The fraction of sp³-hybridized carbons (Fsp3) is 0.529. The van der Waals surface area contributed by atoms with Crippen molar-refractivity contribution in [2.45, 2.75) is 26.8 Å². The first-order valence-electron chi connectivity index (χ1n) is 7.39. The van der Waals surface area contributed by atoms with E-state index in [4.69, 9.17) is 9.47 Å². The summed E-state index contributed by atoms with van der Waals surface area (Å²) in [5.74, 6) is 0. The van der Waals surface area contributed by atoms with Gasteiger partial charge in [0, 0.05) is 26.2 Å². The van der Waals surface area contributed by atoms with Crippen molar-refractivity contribution in [3.8, 4) is 0 Å². The lowest BCUT2D eigenvalue weighted by atomic mass is 10.0. The Morgan fingerprint density at radius 2 is 1.95 bits per heavy atom. The second-order valence-corrected chi connectivity index (χ2v) is 5.29. The molecule has 3 heteroatoms. The zero-order valence-corrected chi connectivity index (χ0v) is 12.6. The van der Waals surface area contributed by atoms with E-state index >= 15 is 0 Å². The van der Waals surface area contributed by atoms with Gasteiger partial charge in [-0.25, -0.2) is 0 Å². The topological polar surface area (TPSA) is 21.7 Å². The summed E-state index contributed by atoms with van der Waals surface area (Å²) in [4.78, 5) is 2.50. The number of nitrogens with zero attached hydrogens (tertiary/aromatic N) is 1. The summed E-state index contributed by atoms with van der Waals surface area (Å²) in [7, 11) is 0. The minimum atomic E-state index is 0.404. The Balaban J connectivity index is 1.80. The van der Waals surface area contributed by atoms with Crippen molar-refractivity contribution in [2.75, 3.05) is 33.1 Å². The van der Waals surface area contributed by atoms with Crippen LogP contribution in [0, 0.1) is 0 Å². The fourth-order valence-electron chi connectivity index (χ4n) is 2.51. The molecule has 2 rings (SSSR count). The molecule has 0 bridgehead atoms.